The standard InChI is InChI=1S/C10H17N3O/c1-2-13-9(3-5-12-13)10-8(7-11)4-6-14-10/h3,5,8,10H,2,4,6-7,11H2,1H3. The van der Waals surface area contributed by atoms with Gasteiger partial charge in [-0.3, -0.25) is 4.68 Å². The van der Waals surface area contributed by atoms with Crippen LogP contribution in [0.2, 0.25) is 0 Å². The molecule has 1 saturated heterocycles. The molecule has 2 rings (SSSR count). The van der Waals surface area contributed by atoms with Crippen LogP contribution in [0.3, 0.4) is 0 Å². The van der Waals surface area contributed by atoms with E-state index in [0.717, 1.165) is 19.6 Å². The fourth-order valence-corrected chi connectivity index (χ4v) is 2.05. The lowest BCUT2D eigenvalue weighted by atomic mass is 9.99. The molecule has 2 N–H and O–H groups in total. The molecule has 0 saturated carbocycles. The third kappa shape index (κ3) is 1.55. The highest BCUT2D eigenvalue weighted by atomic mass is 16.5. The fraction of sp³-hybridized carbons (Fsp3) is 0.700. The summed E-state index contributed by atoms with van der Waals surface area (Å²) < 4.78 is 7.69. The van der Waals surface area contributed by atoms with Gasteiger partial charge in [-0.1, -0.05) is 0 Å². The molecule has 1 fully saturated rings. The van der Waals surface area contributed by atoms with Crippen LogP contribution in [0.4, 0.5) is 0 Å². The maximum absolute atomic E-state index is 5.71. The van der Waals surface area contributed by atoms with Gasteiger partial charge < -0.3 is 10.5 Å². The summed E-state index contributed by atoms with van der Waals surface area (Å²) in [5, 5.41) is 4.24. The Kier molecular flexibility index (Phi) is 2.84. The Labute approximate surface area is 84.0 Å². The van der Waals surface area contributed by atoms with E-state index in [4.69, 9.17) is 10.5 Å². The van der Waals surface area contributed by atoms with E-state index >= 15 is 0 Å². The summed E-state index contributed by atoms with van der Waals surface area (Å²) in [4.78, 5) is 0. The van der Waals surface area contributed by atoms with Crippen molar-refractivity contribution in [3.8, 4) is 0 Å². The smallest absolute Gasteiger partial charge is 0.103 e. The van der Waals surface area contributed by atoms with Crippen LogP contribution in [0, 0.1) is 5.92 Å². The monoisotopic (exact) mass is 195 g/mol. The number of aromatic nitrogens is 2. The maximum atomic E-state index is 5.71. The van der Waals surface area contributed by atoms with E-state index in [1.54, 1.807) is 0 Å². The predicted octanol–water partition coefficient (Wildman–Crippen LogP) is 0.939. The van der Waals surface area contributed by atoms with Crippen LogP contribution in [0.1, 0.15) is 25.1 Å². The van der Waals surface area contributed by atoms with Gasteiger partial charge in [-0.05, 0) is 26.0 Å². The van der Waals surface area contributed by atoms with Crippen molar-refractivity contribution in [1.29, 1.82) is 0 Å². The van der Waals surface area contributed by atoms with E-state index in [-0.39, 0.29) is 6.10 Å². The van der Waals surface area contributed by atoms with Crippen LogP contribution in [0.25, 0.3) is 0 Å². The molecule has 2 heterocycles. The summed E-state index contributed by atoms with van der Waals surface area (Å²) in [5.41, 5.74) is 6.88. The molecule has 1 aliphatic rings. The average Bonchev–Trinajstić information content (AvgIpc) is 2.85. The van der Waals surface area contributed by atoms with Gasteiger partial charge in [-0.25, -0.2) is 0 Å². The molecule has 0 bridgehead atoms. The first-order chi connectivity index (χ1) is 6.86. The summed E-state index contributed by atoms with van der Waals surface area (Å²) in [6, 6.07) is 2.03. The molecule has 1 aromatic heterocycles. The summed E-state index contributed by atoms with van der Waals surface area (Å²) in [7, 11) is 0. The van der Waals surface area contributed by atoms with Crippen LogP contribution in [-0.4, -0.2) is 22.9 Å². The zero-order valence-electron chi connectivity index (χ0n) is 8.52. The van der Waals surface area contributed by atoms with E-state index in [9.17, 15) is 0 Å². The Bertz CT molecular complexity index is 297. The van der Waals surface area contributed by atoms with Crippen molar-refractivity contribution in [2.24, 2.45) is 11.7 Å². The minimum atomic E-state index is 0.155. The second-order valence-corrected chi connectivity index (χ2v) is 3.65. The lowest BCUT2D eigenvalue weighted by molar-refractivity contribution is 0.0850. The van der Waals surface area contributed by atoms with Gasteiger partial charge >= 0.3 is 0 Å². The zero-order valence-corrected chi connectivity index (χ0v) is 8.52. The molecule has 0 spiro atoms. The molecular weight excluding hydrogens is 178 g/mol. The first-order valence-electron chi connectivity index (χ1n) is 5.20. The van der Waals surface area contributed by atoms with Gasteiger partial charge in [0.15, 0.2) is 0 Å². The summed E-state index contributed by atoms with van der Waals surface area (Å²) >= 11 is 0. The van der Waals surface area contributed by atoms with E-state index in [1.807, 2.05) is 16.9 Å². The normalized spacial score (nSPS) is 27.0. The second kappa shape index (κ2) is 4.11. The maximum Gasteiger partial charge on any atom is 0.103 e. The Morgan fingerprint density at radius 1 is 1.71 bits per heavy atom. The Morgan fingerprint density at radius 2 is 2.57 bits per heavy atom. The lowest BCUT2D eigenvalue weighted by Gasteiger charge is -2.17. The molecule has 2 atom stereocenters. The minimum Gasteiger partial charge on any atom is -0.372 e. The Morgan fingerprint density at radius 3 is 3.29 bits per heavy atom. The molecule has 0 radical (unpaired) electrons. The molecule has 4 nitrogen and oxygen atoms in total. The minimum absolute atomic E-state index is 0.155. The van der Waals surface area contributed by atoms with Crippen LogP contribution >= 0.6 is 0 Å². The Balaban J connectivity index is 2.21. The highest BCUT2D eigenvalue weighted by Crippen LogP contribution is 2.33. The largest absolute Gasteiger partial charge is 0.372 e. The van der Waals surface area contributed by atoms with Gasteiger partial charge in [0.05, 0.1) is 5.69 Å². The lowest BCUT2D eigenvalue weighted by Crippen LogP contribution is -2.20. The third-order valence-electron chi connectivity index (χ3n) is 2.86. The molecule has 2 unspecified atom stereocenters. The van der Waals surface area contributed by atoms with Gasteiger partial charge in [0.2, 0.25) is 0 Å². The first-order valence-corrected chi connectivity index (χ1v) is 5.20. The van der Waals surface area contributed by atoms with Gasteiger partial charge in [0.25, 0.3) is 0 Å². The van der Waals surface area contributed by atoms with Gasteiger partial charge in [-0.15, -0.1) is 0 Å². The second-order valence-electron chi connectivity index (χ2n) is 3.65. The number of aryl methyl sites for hydroxylation is 1. The van der Waals surface area contributed by atoms with Crippen LogP contribution in [0.15, 0.2) is 12.3 Å². The molecule has 4 heteroatoms. The van der Waals surface area contributed by atoms with E-state index in [0.29, 0.717) is 12.5 Å². The average molecular weight is 195 g/mol. The quantitative estimate of drug-likeness (QED) is 0.781. The number of ether oxygens (including phenoxy) is 1. The predicted molar refractivity (Wildman–Crippen MR) is 53.8 cm³/mol. The Hall–Kier alpha value is -0.870. The van der Waals surface area contributed by atoms with Crippen molar-refractivity contribution in [2.45, 2.75) is 26.0 Å². The summed E-state index contributed by atoms with van der Waals surface area (Å²) in [5.74, 6) is 0.456. The zero-order chi connectivity index (χ0) is 9.97. The van der Waals surface area contributed by atoms with Crippen molar-refractivity contribution in [3.63, 3.8) is 0 Å². The van der Waals surface area contributed by atoms with E-state index in [1.165, 1.54) is 5.69 Å². The molecule has 1 aromatic rings. The number of nitrogens with zero attached hydrogens (tertiary/aromatic N) is 2. The van der Waals surface area contributed by atoms with Crippen LogP contribution < -0.4 is 5.73 Å². The van der Waals surface area contributed by atoms with Gasteiger partial charge in [0, 0.05) is 25.3 Å². The molecule has 0 aliphatic carbocycles. The van der Waals surface area contributed by atoms with Crippen molar-refractivity contribution in [2.75, 3.05) is 13.2 Å². The number of rotatable bonds is 3. The number of hydrogen-bond donors (Lipinski definition) is 1. The van der Waals surface area contributed by atoms with Gasteiger partial charge in [0.1, 0.15) is 6.10 Å². The van der Waals surface area contributed by atoms with Crippen molar-refractivity contribution >= 4 is 0 Å². The van der Waals surface area contributed by atoms with Crippen LogP contribution in [-0.2, 0) is 11.3 Å². The fourth-order valence-electron chi connectivity index (χ4n) is 2.05. The highest BCUT2D eigenvalue weighted by Gasteiger charge is 2.30. The molecule has 1 aliphatic heterocycles. The van der Waals surface area contributed by atoms with E-state index in [2.05, 4.69) is 12.0 Å². The molecule has 78 valence electrons. The molecular formula is C10H17N3O. The van der Waals surface area contributed by atoms with Crippen molar-refractivity contribution < 1.29 is 4.74 Å². The van der Waals surface area contributed by atoms with Crippen molar-refractivity contribution in [1.82, 2.24) is 9.78 Å². The summed E-state index contributed by atoms with van der Waals surface area (Å²) in [6.45, 7) is 4.49. The summed E-state index contributed by atoms with van der Waals surface area (Å²) in [6.07, 6.45) is 3.05. The highest BCUT2D eigenvalue weighted by molar-refractivity contribution is 5.08. The van der Waals surface area contributed by atoms with Crippen LogP contribution in [0.5, 0.6) is 0 Å². The van der Waals surface area contributed by atoms with Crippen molar-refractivity contribution in [3.05, 3.63) is 18.0 Å². The SMILES string of the molecule is CCn1nccc1C1OCCC1CN. The van der Waals surface area contributed by atoms with E-state index < -0.39 is 0 Å². The number of nitrogens with two attached hydrogens (primary N) is 1. The molecule has 0 amide bonds. The molecule has 14 heavy (non-hydrogen) atoms. The topological polar surface area (TPSA) is 53.1 Å². The van der Waals surface area contributed by atoms with Gasteiger partial charge in [-0.2, -0.15) is 5.10 Å². The molecule has 0 aromatic carbocycles. The number of hydrogen-bond acceptors (Lipinski definition) is 3. The first kappa shape index (κ1) is 9.68. The third-order valence-corrected chi connectivity index (χ3v) is 2.86.